The molecule has 1 aliphatic carbocycles. The first kappa shape index (κ1) is 11.2. The van der Waals surface area contributed by atoms with Crippen molar-refractivity contribution in [2.45, 2.75) is 25.0 Å². The minimum absolute atomic E-state index is 0.416. The lowest BCUT2D eigenvalue weighted by atomic mass is 9.89. The molecule has 0 unspecified atom stereocenters. The van der Waals surface area contributed by atoms with Crippen LogP contribution in [0.3, 0.4) is 0 Å². The van der Waals surface area contributed by atoms with E-state index in [-0.39, 0.29) is 0 Å². The number of methoxy groups -OCH3 is 1. The second-order valence-electron chi connectivity index (χ2n) is 4.53. The third-order valence-electron chi connectivity index (χ3n) is 3.29. The quantitative estimate of drug-likeness (QED) is 0.892. The Labute approximate surface area is 106 Å². The lowest BCUT2D eigenvalue weighted by Crippen LogP contribution is -2.40. The summed E-state index contributed by atoms with van der Waals surface area (Å²) in [6, 6.07) is 6.38. The van der Waals surface area contributed by atoms with E-state index in [1.807, 2.05) is 30.6 Å². The van der Waals surface area contributed by atoms with Gasteiger partial charge in [-0.15, -0.1) is 0 Å². The van der Waals surface area contributed by atoms with Crippen molar-refractivity contribution in [2.24, 2.45) is 0 Å². The van der Waals surface area contributed by atoms with E-state index in [1.165, 1.54) is 0 Å². The van der Waals surface area contributed by atoms with Gasteiger partial charge in [-0.2, -0.15) is 5.10 Å². The standard InChI is InChI=1S/C13H16N4O/c1-18-12-7-11(8-12)16-10-3-4-13(14-9-10)17-6-2-5-15-17/h2-6,9,11-12,16H,7-8H2,1H3. The number of ether oxygens (including phenoxy) is 1. The first-order valence-corrected chi connectivity index (χ1v) is 6.10. The number of hydrogen-bond acceptors (Lipinski definition) is 4. The Morgan fingerprint density at radius 3 is 2.89 bits per heavy atom. The van der Waals surface area contributed by atoms with E-state index in [9.17, 15) is 0 Å². The average molecular weight is 244 g/mol. The Morgan fingerprint density at radius 2 is 2.28 bits per heavy atom. The predicted molar refractivity (Wildman–Crippen MR) is 68.8 cm³/mol. The molecule has 0 radical (unpaired) electrons. The van der Waals surface area contributed by atoms with Crippen LogP contribution in [0.4, 0.5) is 5.69 Å². The normalized spacial score (nSPS) is 22.5. The Balaban J connectivity index is 1.62. The zero-order valence-corrected chi connectivity index (χ0v) is 10.3. The van der Waals surface area contributed by atoms with Crippen LogP contribution in [0.25, 0.3) is 5.82 Å². The van der Waals surface area contributed by atoms with Gasteiger partial charge in [0.25, 0.3) is 0 Å². The van der Waals surface area contributed by atoms with Crippen LogP contribution in [0, 0.1) is 0 Å². The fraction of sp³-hybridized carbons (Fsp3) is 0.385. The lowest BCUT2D eigenvalue weighted by Gasteiger charge is -2.35. The third kappa shape index (κ3) is 2.22. The molecule has 0 bridgehead atoms. The molecule has 94 valence electrons. The maximum absolute atomic E-state index is 5.25. The second kappa shape index (κ2) is 4.78. The summed E-state index contributed by atoms with van der Waals surface area (Å²) in [6.45, 7) is 0. The number of nitrogens with one attached hydrogen (secondary N) is 1. The highest BCUT2D eigenvalue weighted by atomic mass is 16.5. The van der Waals surface area contributed by atoms with Crippen molar-refractivity contribution in [1.29, 1.82) is 0 Å². The Kier molecular flexibility index (Phi) is 2.98. The van der Waals surface area contributed by atoms with Crippen LogP contribution in [0.1, 0.15) is 12.8 Å². The first-order chi connectivity index (χ1) is 8.85. The lowest BCUT2D eigenvalue weighted by molar-refractivity contribution is 0.0328. The molecule has 5 nitrogen and oxygen atoms in total. The van der Waals surface area contributed by atoms with E-state index in [1.54, 1.807) is 18.0 Å². The fourth-order valence-corrected chi connectivity index (χ4v) is 2.12. The van der Waals surface area contributed by atoms with Crippen LogP contribution in [-0.2, 0) is 4.74 Å². The second-order valence-corrected chi connectivity index (χ2v) is 4.53. The van der Waals surface area contributed by atoms with Crippen molar-refractivity contribution in [3.63, 3.8) is 0 Å². The van der Waals surface area contributed by atoms with E-state index in [0.717, 1.165) is 24.3 Å². The molecule has 1 saturated carbocycles. The van der Waals surface area contributed by atoms with E-state index >= 15 is 0 Å². The third-order valence-corrected chi connectivity index (χ3v) is 3.29. The van der Waals surface area contributed by atoms with Gasteiger partial charge in [0.1, 0.15) is 0 Å². The van der Waals surface area contributed by atoms with Gasteiger partial charge in [-0.25, -0.2) is 9.67 Å². The molecular formula is C13H16N4O. The average Bonchev–Trinajstić information content (AvgIpc) is 2.88. The molecule has 3 rings (SSSR count). The number of hydrogen-bond donors (Lipinski definition) is 1. The maximum atomic E-state index is 5.25. The SMILES string of the molecule is COC1CC(Nc2ccc(-n3cccn3)nc2)C1. The molecule has 2 aromatic heterocycles. The van der Waals surface area contributed by atoms with Crippen LogP contribution >= 0.6 is 0 Å². The van der Waals surface area contributed by atoms with Crippen LogP contribution in [0.2, 0.25) is 0 Å². The highest BCUT2D eigenvalue weighted by Gasteiger charge is 2.28. The predicted octanol–water partition coefficient (Wildman–Crippen LogP) is 1.86. The molecule has 1 aliphatic rings. The van der Waals surface area contributed by atoms with Gasteiger partial charge in [-0.1, -0.05) is 0 Å². The monoisotopic (exact) mass is 244 g/mol. The minimum Gasteiger partial charge on any atom is -0.381 e. The Hall–Kier alpha value is -1.88. The van der Waals surface area contributed by atoms with Gasteiger partial charge < -0.3 is 10.1 Å². The molecule has 0 aliphatic heterocycles. The highest BCUT2D eigenvalue weighted by Crippen LogP contribution is 2.26. The number of anilines is 1. The molecule has 18 heavy (non-hydrogen) atoms. The van der Waals surface area contributed by atoms with E-state index in [0.29, 0.717) is 12.1 Å². The molecule has 0 amide bonds. The number of rotatable bonds is 4. The van der Waals surface area contributed by atoms with Crippen LogP contribution < -0.4 is 5.32 Å². The van der Waals surface area contributed by atoms with Crippen molar-refractivity contribution in [2.75, 3.05) is 12.4 Å². The zero-order chi connectivity index (χ0) is 12.4. The summed E-state index contributed by atoms with van der Waals surface area (Å²) in [5.74, 6) is 0.828. The molecule has 0 spiro atoms. The maximum Gasteiger partial charge on any atom is 0.153 e. The van der Waals surface area contributed by atoms with Crippen molar-refractivity contribution < 1.29 is 4.74 Å². The molecule has 0 aromatic carbocycles. The topological polar surface area (TPSA) is 52.0 Å². The van der Waals surface area contributed by atoms with Crippen molar-refractivity contribution in [3.05, 3.63) is 36.8 Å². The van der Waals surface area contributed by atoms with Gasteiger partial charge in [0, 0.05) is 25.5 Å². The molecular weight excluding hydrogens is 228 g/mol. The largest absolute Gasteiger partial charge is 0.381 e. The summed E-state index contributed by atoms with van der Waals surface area (Å²) in [5.41, 5.74) is 1.05. The molecule has 2 aromatic rings. The van der Waals surface area contributed by atoms with Gasteiger partial charge in [0.15, 0.2) is 5.82 Å². The van der Waals surface area contributed by atoms with Gasteiger partial charge in [-0.3, -0.25) is 0 Å². The summed E-state index contributed by atoms with van der Waals surface area (Å²) in [7, 11) is 1.77. The Morgan fingerprint density at radius 1 is 1.39 bits per heavy atom. The number of aromatic nitrogens is 3. The first-order valence-electron chi connectivity index (χ1n) is 6.10. The smallest absolute Gasteiger partial charge is 0.153 e. The van der Waals surface area contributed by atoms with E-state index in [2.05, 4.69) is 15.4 Å². The summed E-state index contributed by atoms with van der Waals surface area (Å²) in [6.07, 6.45) is 8.02. The van der Waals surface area contributed by atoms with Gasteiger partial charge >= 0.3 is 0 Å². The van der Waals surface area contributed by atoms with Crippen molar-refractivity contribution >= 4 is 5.69 Å². The molecule has 1 N–H and O–H groups in total. The molecule has 0 saturated heterocycles. The molecule has 0 atom stereocenters. The summed E-state index contributed by atoms with van der Waals surface area (Å²) in [5, 5.41) is 7.59. The van der Waals surface area contributed by atoms with Crippen LogP contribution in [0.15, 0.2) is 36.8 Å². The minimum atomic E-state index is 0.416. The summed E-state index contributed by atoms with van der Waals surface area (Å²) in [4.78, 5) is 4.38. The van der Waals surface area contributed by atoms with Gasteiger partial charge in [0.2, 0.25) is 0 Å². The van der Waals surface area contributed by atoms with E-state index in [4.69, 9.17) is 4.74 Å². The molecule has 2 heterocycles. The van der Waals surface area contributed by atoms with Crippen LogP contribution in [-0.4, -0.2) is 34.0 Å². The number of pyridine rings is 1. The van der Waals surface area contributed by atoms with Gasteiger partial charge in [0.05, 0.1) is 18.0 Å². The van der Waals surface area contributed by atoms with Crippen LogP contribution in [0.5, 0.6) is 0 Å². The summed E-state index contributed by atoms with van der Waals surface area (Å²) < 4.78 is 7.00. The highest BCUT2D eigenvalue weighted by molar-refractivity contribution is 5.44. The van der Waals surface area contributed by atoms with Gasteiger partial charge in [-0.05, 0) is 31.0 Å². The van der Waals surface area contributed by atoms with Crippen molar-refractivity contribution in [3.8, 4) is 5.82 Å². The molecule has 5 heteroatoms. The number of nitrogens with zero attached hydrogens (tertiary/aromatic N) is 3. The van der Waals surface area contributed by atoms with E-state index < -0.39 is 0 Å². The zero-order valence-electron chi connectivity index (χ0n) is 10.3. The Bertz CT molecular complexity index is 488. The fourth-order valence-electron chi connectivity index (χ4n) is 2.12. The van der Waals surface area contributed by atoms with Crippen molar-refractivity contribution in [1.82, 2.24) is 14.8 Å². The summed E-state index contributed by atoms with van der Waals surface area (Å²) >= 11 is 0. The molecule has 1 fully saturated rings.